The number of carbonyl (C=O) groups is 2. The topological polar surface area (TPSA) is 136 Å². The maximum Gasteiger partial charge on any atom is 0.369 e. The van der Waals surface area contributed by atoms with E-state index >= 15 is 0 Å². The molecule has 0 spiro atoms. The summed E-state index contributed by atoms with van der Waals surface area (Å²) < 4.78 is 34.5. The van der Waals surface area contributed by atoms with Crippen molar-refractivity contribution in [3.05, 3.63) is 33.3 Å². The van der Waals surface area contributed by atoms with Crippen LogP contribution in [0.15, 0.2) is 28.4 Å². The molecule has 1 heterocycles. The number of esters is 2. The molecule has 0 aromatic carbocycles. The molecular weight excluding hydrogens is 443 g/mol. The summed E-state index contributed by atoms with van der Waals surface area (Å²) in [4.78, 5) is 26.5. The van der Waals surface area contributed by atoms with Gasteiger partial charge in [-0.25, -0.2) is 9.59 Å². The van der Waals surface area contributed by atoms with Crippen LogP contribution in [0, 0.1) is 28.6 Å². The van der Waals surface area contributed by atoms with Crippen LogP contribution in [0.25, 0.3) is 0 Å². The van der Waals surface area contributed by atoms with Gasteiger partial charge in [0.25, 0.3) is 0 Å². The molecule has 1 aromatic heterocycles. The number of nitriles is 2. The molecule has 0 N–H and O–H groups in total. The summed E-state index contributed by atoms with van der Waals surface area (Å²) in [7, 11) is -4.38. The zero-order valence-corrected chi connectivity index (χ0v) is 19.5. The Morgan fingerprint density at radius 3 is 1.97 bits per heavy atom. The fourth-order valence-electron chi connectivity index (χ4n) is 2.77. The molecule has 168 valence electrons. The van der Waals surface area contributed by atoms with Crippen molar-refractivity contribution in [3.63, 3.8) is 0 Å². The Bertz CT molecular complexity index is 891. The predicted molar refractivity (Wildman–Crippen MR) is 113 cm³/mol. The van der Waals surface area contributed by atoms with Gasteiger partial charge in [-0.2, -0.15) is 10.5 Å². The van der Waals surface area contributed by atoms with E-state index in [0.29, 0.717) is 4.88 Å². The van der Waals surface area contributed by atoms with Gasteiger partial charge in [-0.3, -0.25) is 4.57 Å². The molecule has 1 rings (SSSR count). The van der Waals surface area contributed by atoms with E-state index in [-0.39, 0.29) is 26.4 Å². The van der Waals surface area contributed by atoms with Gasteiger partial charge in [-0.15, -0.1) is 11.3 Å². The minimum absolute atomic E-state index is 0.0626. The van der Waals surface area contributed by atoms with Crippen LogP contribution in [-0.4, -0.2) is 38.4 Å². The Hall–Kier alpha value is -2.49. The van der Waals surface area contributed by atoms with Gasteiger partial charge >= 0.3 is 19.5 Å². The summed E-state index contributed by atoms with van der Waals surface area (Å²) in [6.45, 7) is 5.84. The van der Waals surface area contributed by atoms with Crippen LogP contribution < -0.4 is 0 Å². The minimum Gasteiger partial charge on any atom is -0.463 e. The minimum atomic E-state index is -4.38. The second-order valence-electron chi connectivity index (χ2n) is 5.77. The summed E-state index contributed by atoms with van der Waals surface area (Å²) in [5.74, 6) is -4.74. The highest BCUT2D eigenvalue weighted by molar-refractivity contribution is 7.60. The van der Waals surface area contributed by atoms with Crippen molar-refractivity contribution in [3.8, 4) is 12.1 Å². The van der Waals surface area contributed by atoms with Crippen LogP contribution >= 0.6 is 18.9 Å². The van der Waals surface area contributed by atoms with Crippen molar-refractivity contribution in [1.29, 1.82) is 10.5 Å². The average Bonchev–Trinajstić information content (AvgIpc) is 3.25. The molecule has 11 heteroatoms. The van der Waals surface area contributed by atoms with Crippen molar-refractivity contribution in [2.75, 3.05) is 26.4 Å². The highest BCUT2D eigenvalue weighted by atomic mass is 32.1. The molecule has 1 unspecified atom stereocenters. The number of thiophene rings is 1. The molecule has 0 radical (unpaired) electrons. The fraction of sp³-hybridized carbons (Fsp3) is 0.500. The van der Waals surface area contributed by atoms with E-state index in [2.05, 4.69) is 0 Å². The van der Waals surface area contributed by atoms with Crippen molar-refractivity contribution in [2.45, 2.75) is 33.6 Å². The third kappa shape index (κ3) is 6.49. The lowest BCUT2D eigenvalue weighted by Gasteiger charge is -2.25. The Morgan fingerprint density at radius 2 is 1.55 bits per heavy atom. The standard InChI is InChI=1S/C20H25N2O7PS/c1-5-26-19(23)17(16(14(12-21)13-22)15-10-9-11-31-15)18(20(24)27-6-2)30(25,28-7-3)29-8-4/h9-11,14,16H,5-8H2,1-4H3/b18-17+. The largest absolute Gasteiger partial charge is 0.463 e. The molecule has 9 nitrogen and oxygen atoms in total. The third-order valence-electron chi connectivity index (χ3n) is 3.86. The predicted octanol–water partition coefficient (Wildman–Crippen LogP) is 4.14. The summed E-state index contributed by atoms with van der Waals surface area (Å²) >= 11 is 1.17. The van der Waals surface area contributed by atoms with Crippen molar-refractivity contribution in [1.82, 2.24) is 0 Å². The monoisotopic (exact) mass is 468 g/mol. The van der Waals surface area contributed by atoms with E-state index in [1.165, 1.54) is 18.3 Å². The average molecular weight is 468 g/mol. The highest BCUT2D eigenvalue weighted by Crippen LogP contribution is 2.59. The van der Waals surface area contributed by atoms with Gasteiger partial charge < -0.3 is 18.5 Å². The molecule has 0 amide bonds. The number of rotatable bonds is 12. The molecule has 0 fully saturated rings. The maximum atomic E-state index is 13.7. The quantitative estimate of drug-likeness (QED) is 0.252. The molecule has 0 bridgehead atoms. The maximum absolute atomic E-state index is 13.7. The van der Waals surface area contributed by atoms with Gasteiger partial charge in [0, 0.05) is 4.88 Å². The zero-order valence-electron chi connectivity index (χ0n) is 17.8. The van der Waals surface area contributed by atoms with Gasteiger partial charge in [0.2, 0.25) is 0 Å². The first-order valence-corrected chi connectivity index (χ1v) is 12.1. The van der Waals surface area contributed by atoms with E-state index < -0.39 is 42.3 Å². The molecule has 31 heavy (non-hydrogen) atoms. The molecule has 0 saturated carbocycles. The van der Waals surface area contributed by atoms with Gasteiger partial charge in [0.15, 0.2) is 5.31 Å². The lowest BCUT2D eigenvalue weighted by molar-refractivity contribution is -0.141. The van der Waals surface area contributed by atoms with Crippen molar-refractivity contribution < 1.29 is 32.7 Å². The number of nitrogens with zero attached hydrogens (tertiary/aromatic N) is 2. The number of ether oxygens (including phenoxy) is 2. The molecule has 0 aliphatic carbocycles. The van der Waals surface area contributed by atoms with E-state index in [1.807, 2.05) is 12.1 Å². The summed E-state index contributed by atoms with van der Waals surface area (Å²) in [5, 5.41) is 20.2. The first-order chi connectivity index (χ1) is 14.8. The van der Waals surface area contributed by atoms with Crippen LogP contribution in [0.2, 0.25) is 0 Å². The van der Waals surface area contributed by atoms with Gasteiger partial charge in [0.05, 0.1) is 50.1 Å². The van der Waals surface area contributed by atoms with Gasteiger partial charge in [-0.05, 0) is 39.1 Å². The number of hydrogen-bond acceptors (Lipinski definition) is 10. The number of carbonyl (C=O) groups excluding carboxylic acids is 2. The fourth-order valence-corrected chi connectivity index (χ4v) is 5.47. The summed E-state index contributed by atoms with van der Waals surface area (Å²) in [6, 6.07) is 6.94. The van der Waals surface area contributed by atoms with Crippen LogP contribution in [-0.2, 0) is 32.7 Å². The Balaban J connectivity index is 4.09. The van der Waals surface area contributed by atoms with Crippen LogP contribution in [0.4, 0.5) is 0 Å². The Labute approximate surface area is 185 Å². The molecular formula is C20H25N2O7PS. The van der Waals surface area contributed by atoms with Crippen LogP contribution in [0.5, 0.6) is 0 Å². The lowest BCUT2D eigenvalue weighted by Crippen LogP contribution is -2.25. The van der Waals surface area contributed by atoms with E-state index in [0.717, 1.165) is 0 Å². The smallest absolute Gasteiger partial charge is 0.369 e. The molecule has 1 atom stereocenters. The number of hydrogen-bond donors (Lipinski definition) is 0. The summed E-state index contributed by atoms with van der Waals surface area (Å²) in [5.41, 5.74) is -0.443. The van der Waals surface area contributed by atoms with Gasteiger partial charge in [0.1, 0.15) is 5.92 Å². The first-order valence-electron chi connectivity index (χ1n) is 9.65. The third-order valence-corrected chi connectivity index (χ3v) is 6.99. The summed E-state index contributed by atoms with van der Waals surface area (Å²) in [6.07, 6.45) is 0. The normalized spacial score (nSPS) is 13.0. The Morgan fingerprint density at radius 1 is 1.00 bits per heavy atom. The molecule has 0 aliphatic rings. The SMILES string of the molecule is CCOC(=O)/C(=C(\C(=O)OCC)P(=O)(OCC)OCC)C(c1cccs1)C(C#N)C#N. The highest BCUT2D eigenvalue weighted by Gasteiger charge is 2.46. The molecule has 1 aromatic rings. The Kier molecular flexibility index (Phi) is 11.2. The second-order valence-corrected chi connectivity index (χ2v) is 8.70. The van der Waals surface area contributed by atoms with Crippen molar-refractivity contribution in [2.24, 2.45) is 5.92 Å². The van der Waals surface area contributed by atoms with Gasteiger partial charge in [-0.1, -0.05) is 6.07 Å². The van der Waals surface area contributed by atoms with Crippen molar-refractivity contribution >= 4 is 30.9 Å². The lowest BCUT2D eigenvalue weighted by atomic mass is 9.85. The second kappa shape index (κ2) is 13.0. The molecule has 0 saturated heterocycles. The van der Waals surface area contributed by atoms with E-state index in [9.17, 15) is 24.7 Å². The first kappa shape index (κ1) is 26.5. The molecule has 0 aliphatic heterocycles. The van der Waals surface area contributed by atoms with E-state index in [1.54, 1.807) is 38.3 Å². The zero-order chi connectivity index (χ0) is 23.4. The van der Waals surface area contributed by atoms with E-state index in [4.69, 9.17) is 18.5 Å². The van der Waals surface area contributed by atoms with Crippen LogP contribution in [0.3, 0.4) is 0 Å². The van der Waals surface area contributed by atoms with Crippen LogP contribution in [0.1, 0.15) is 38.5 Å².